The fourth-order valence-corrected chi connectivity index (χ4v) is 3.29. The molecule has 3 rings (SSSR count). The molecule has 0 N–H and O–H groups in total. The molecule has 0 aliphatic heterocycles. The van der Waals surface area contributed by atoms with E-state index in [1.165, 1.54) is 24.9 Å². The van der Waals surface area contributed by atoms with Crippen molar-refractivity contribution in [1.82, 2.24) is 9.78 Å². The summed E-state index contributed by atoms with van der Waals surface area (Å²) in [7, 11) is 1.28. The van der Waals surface area contributed by atoms with E-state index in [2.05, 4.69) is 5.10 Å². The molecule has 2 aromatic carbocycles. The number of aromatic nitrogens is 2. The maximum atomic E-state index is 12.5. The van der Waals surface area contributed by atoms with Gasteiger partial charge in [-0.05, 0) is 43.3 Å². The van der Waals surface area contributed by atoms with E-state index < -0.39 is 5.97 Å². The summed E-state index contributed by atoms with van der Waals surface area (Å²) < 4.78 is 5.99. The van der Waals surface area contributed by atoms with Gasteiger partial charge >= 0.3 is 5.97 Å². The van der Waals surface area contributed by atoms with Gasteiger partial charge in [-0.3, -0.25) is 4.79 Å². The van der Waals surface area contributed by atoms with E-state index in [0.717, 1.165) is 15.1 Å². The van der Waals surface area contributed by atoms with Crippen LogP contribution in [0.3, 0.4) is 0 Å². The molecular weight excluding hydrogens is 372 g/mol. The molecule has 7 heteroatoms. The first-order valence-electron chi connectivity index (χ1n) is 7.71. The molecule has 1 aromatic heterocycles. The summed E-state index contributed by atoms with van der Waals surface area (Å²) in [6, 6.07) is 15.8. The van der Waals surface area contributed by atoms with Gasteiger partial charge in [0.15, 0.2) is 5.69 Å². The summed E-state index contributed by atoms with van der Waals surface area (Å²) in [5.41, 5.74) is 1.36. The lowest BCUT2D eigenvalue weighted by molar-refractivity contribution is 0.0587. The van der Waals surface area contributed by atoms with Crippen LogP contribution in [0.4, 0.5) is 0 Å². The Morgan fingerprint density at radius 3 is 2.38 bits per heavy atom. The molecule has 0 bridgehead atoms. The molecule has 3 aromatic rings. The smallest absolute Gasteiger partial charge is 0.359 e. The van der Waals surface area contributed by atoms with Gasteiger partial charge in [-0.1, -0.05) is 41.1 Å². The van der Waals surface area contributed by atoms with E-state index >= 15 is 0 Å². The Hall–Kier alpha value is -2.57. The summed E-state index contributed by atoms with van der Waals surface area (Å²) >= 11 is 7.17. The topological polar surface area (TPSA) is 61.2 Å². The Balaban J connectivity index is 2.08. The van der Waals surface area contributed by atoms with Gasteiger partial charge in [0.05, 0.1) is 17.7 Å². The molecule has 0 fully saturated rings. The monoisotopic (exact) mass is 386 g/mol. The predicted octanol–water partition coefficient (Wildman–Crippen LogP) is 4.13. The van der Waals surface area contributed by atoms with E-state index in [0.29, 0.717) is 15.6 Å². The van der Waals surface area contributed by atoms with Crippen molar-refractivity contribution < 1.29 is 9.53 Å². The molecule has 0 unspecified atom stereocenters. The second-order valence-electron chi connectivity index (χ2n) is 5.49. The molecule has 132 valence electrons. The first-order valence-corrected chi connectivity index (χ1v) is 8.90. The van der Waals surface area contributed by atoms with Crippen LogP contribution < -0.4 is 5.56 Å². The van der Waals surface area contributed by atoms with Gasteiger partial charge in [-0.2, -0.15) is 9.78 Å². The lowest BCUT2D eigenvalue weighted by Crippen LogP contribution is -2.24. The standard InChI is InChI=1S/C19H15ClN2O3S/c1-12-3-9-15(10-4-12)26-16-11-17(23)22(21-18(16)19(24)25-2)14-7-5-13(20)6-8-14/h3-11H,1-2H3. The second-order valence-corrected chi connectivity index (χ2v) is 7.04. The Kier molecular flexibility index (Phi) is 5.44. The number of benzene rings is 2. The number of aryl methyl sites for hydroxylation is 1. The van der Waals surface area contributed by atoms with E-state index in [9.17, 15) is 9.59 Å². The van der Waals surface area contributed by atoms with Crippen molar-refractivity contribution in [2.75, 3.05) is 7.11 Å². The number of carbonyl (C=O) groups excluding carboxylic acids is 1. The molecule has 0 radical (unpaired) electrons. The van der Waals surface area contributed by atoms with Crippen molar-refractivity contribution in [1.29, 1.82) is 0 Å². The molecule has 0 saturated heterocycles. The number of nitrogens with zero attached hydrogens (tertiary/aromatic N) is 2. The summed E-state index contributed by atoms with van der Waals surface area (Å²) in [5.74, 6) is -0.609. The quantitative estimate of drug-likeness (QED) is 0.631. The molecule has 5 nitrogen and oxygen atoms in total. The minimum atomic E-state index is -0.609. The van der Waals surface area contributed by atoms with Crippen molar-refractivity contribution in [3.05, 3.63) is 81.2 Å². The van der Waals surface area contributed by atoms with Gasteiger partial charge in [-0.25, -0.2) is 4.79 Å². The number of carbonyl (C=O) groups is 1. The fraction of sp³-hybridized carbons (Fsp3) is 0.105. The molecule has 0 atom stereocenters. The van der Waals surface area contributed by atoms with Crippen LogP contribution in [0.5, 0.6) is 0 Å². The van der Waals surface area contributed by atoms with Gasteiger partial charge in [0, 0.05) is 16.0 Å². The maximum absolute atomic E-state index is 12.5. The summed E-state index contributed by atoms with van der Waals surface area (Å²) in [6.07, 6.45) is 0. The van der Waals surface area contributed by atoms with E-state index in [4.69, 9.17) is 16.3 Å². The number of methoxy groups -OCH3 is 1. The van der Waals surface area contributed by atoms with Gasteiger partial charge in [0.25, 0.3) is 5.56 Å². The highest BCUT2D eigenvalue weighted by atomic mass is 35.5. The minimum absolute atomic E-state index is 0.0765. The van der Waals surface area contributed by atoms with Crippen LogP contribution in [0.15, 0.2) is 69.2 Å². The van der Waals surface area contributed by atoms with Crippen molar-refractivity contribution in [3.63, 3.8) is 0 Å². The minimum Gasteiger partial charge on any atom is -0.464 e. The van der Waals surface area contributed by atoms with E-state index in [-0.39, 0.29) is 11.3 Å². The van der Waals surface area contributed by atoms with Gasteiger partial charge in [0.2, 0.25) is 0 Å². The maximum Gasteiger partial charge on any atom is 0.359 e. The molecule has 0 aliphatic rings. The van der Waals surface area contributed by atoms with Gasteiger partial charge < -0.3 is 4.74 Å². The molecule has 26 heavy (non-hydrogen) atoms. The summed E-state index contributed by atoms with van der Waals surface area (Å²) in [5, 5.41) is 4.77. The second kappa shape index (κ2) is 7.76. The number of halogens is 1. The number of hydrogen-bond acceptors (Lipinski definition) is 5. The molecule has 0 aliphatic carbocycles. The third kappa shape index (κ3) is 3.98. The average Bonchev–Trinajstić information content (AvgIpc) is 2.64. The largest absolute Gasteiger partial charge is 0.464 e. The van der Waals surface area contributed by atoms with Crippen molar-refractivity contribution in [3.8, 4) is 5.69 Å². The molecule has 0 saturated carbocycles. The predicted molar refractivity (Wildman–Crippen MR) is 101 cm³/mol. The van der Waals surface area contributed by atoms with Crippen LogP contribution >= 0.6 is 23.4 Å². The van der Waals surface area contributed by atoms with Gasteiger partial charge in [0.1, 0.15) is 0 Å². The Bertz CT molecular complexity index is 999. The lowest BCUT2D eigenvalue weighted by atomic mass is 10.2. The highest BCUT2D eigenvalue weighted by molar-refractivity contribution is 7.99. The first-order chi connectivity index (χ1) is 12.5. The average molecular weight is 387 g/mol. The Morgan fingerprint density at radius 2 is 1.77 bits per heavy atom. The normalized spacial score (nSPS) is 10.6. The third-order valence-electron chi connectivity index (χ3n) is 3.60. The number of rotatable bonds is 4. The summed E-state index contributed by atoms with van der Waals surface area (Å²) in [4.78, 5) is 26.1. The lowest BCUT2D eigenvalue weighted by Gasteiger charge is -2.11. The zero-order valence-corrected chi connectivity index (χ0v) is 15.7. The number of ether oxygens (including phenoxy) is 1. The first kappa shape index (κ1) is 18.2. The molecule has 0 amide bonds. The van der Waals surface area contributed by atoms with Crippen molar-refractivity contribution in [2.45, 2.75) is 16.7 Å². The third-order valence-corrected chi connectivity index (χ3v) is 4.89. The Labute approximate surface area is 159 Å². The number of esters is 1. The van der Waals surface area contributed by atoms with Crippen molar-refractivity contribution in [2.24, 2.45) is 0 Å². The van der Waals surface area contributed by atoms with Crippen molar-refractivity contribution >= 4 is 29.3 Å². The zero-order valence-electron chi connectivity index (χ0n) is 14.1. The van der Waals surface area contributed by atoms with Crippen LogP contribution in [0.25, 0.3) is 5.69 Å². The van der Waals surface area contributed by atoms with Gasteiger partial charge in [-0.15, -0.1) is 0 Å². The van der Waals surface area contributed by atoms with Crippen LogP contribution in [0, 0.1) is 6.92 Å². The highest BCUT2D eigenvalue weighted by Gasteiger charge is 2.18. The van der Waals surface area contributed by atoms with E-state index in [1.54, 1.807) is 24.3 Å². The summed E-state index contributed by atoms with van der Waals surface area (Å²) in [6.45, 7) is 1.99. The van der Waals surface area contributed by atoms with E-state index in [1.807, 2.05) is 31.2 Å². The van der Waals surface area contributed by atoms with Crippen LogP contribution in [-0.2, 0) is 4.74 Å². The fourth-order valence-electron chi connectivity index (χ4n) is 2.26. The molecule has 1 heterocycles. The zero-order chi connectivity index (χ0) is 18.7. The SMILES string of the molecule is COC(=O)c1nn(-c2ccc(Cl)cc2)c(=O)cc1Sc1ccc(C)cc1. The molecular formula is C19H15ClN2O3S. The van der Waals surface area contributed by atoms with Crippen LogP contribution in [0.2, 0.25) is 5.02 Å². The highest BCUT2D eigenvalue weighted by Crippen LogP contribution is 2.29. The van der Waals surface area contributed by atoms with Crippen LogP contribution in [-0.4, -0.2) is 22.9 Å². The molecule has 0 spiro atoms. The Morgan fingerprint density at radius 1 is 1.12 bits per heavy atom. The number of hydrogen-bond donors (Lipinski definition) is 0. The van der Waals surface area contributed by atoms with Crippen LogP contribution in [0.1, 0.15) is 16.1 Å².